The van der Waals surface area contributed by atoms with Crippen LogP contribution >= 0.6 is 23.2 Å². The van der Waals surface area contributed by atoms with E-state index in [1.165, 1.54) is 7.11 Å². The van der Waals surface area contributed by atoms with Crippen LogP contribution in [0.4, 0.5) is 11.5 Å². The van der Waals surface area contributed by atoms with E-state index in [4.69, 9.17) is 33.7 Å². The zero-order valence-corrected chi connectivity index (χ0v) is 13.1. The molecule has 0 saturated heterocycles. The maximum atomic E-state index is 12.7. The van der Waals surface area contributed by atoms with E-state index in [0.717, 1.165) is 0 Å². The van der Waals surface area contributed by atoms with Gasteiger partial charge < -0.3 is 15.4 Å². The van der Waals surface area contributed by atoms with Gasteiger partial charge in [-0.05, 0) is 18.2 Å². The number of anilines is 2. The number of aromatic nitrogens is 2. The Morgan fingerprint density at radius 2 is 2.05 bits per heavy atom. The molecule has 1 aliphatic rings. The maximum Gasteiger partial charge on any atom is 0.318 e. The van der Waals surface area contributed by atoms with Crippen LogP contribution in [0.3, 0.4) is 0 Å². The summed E-state index contributed by atoms with van der Waals surface area (Å²) >= 11 is 11.9. The van der Waals surface area contributed by atoms with Gasteiger partial charge in [0.15, 0.2) is 0 Å². The molecule has 2 aromatic rings. The molecule has 8 heteroatoms. The number of hydrogen-bond donors (Lipinski definition) is 1. The minimum Gasteiger partial charge on any atom is -0.467 e. The van der Waals surface area contributed by atoms with Crippen molar-refractivity contribution in [1.82, 2.24) is 9.97 Å². The predicted octanol–water partition coefficient (Wildman–Crippen LogP) is 2.58. The van der Waals surface area contributed by atoms with Crippen molar-refractivity contribution in [3.05, 3.63) is 39.5 Å². The highest BCUT2D eigenvalue weighted by Gasteiger charge is 2.30. The van der Waals surface area contributed by atoms with Crippen molar-refractivity contribution in [2.45, 2.75) is 6.42 Å². The average molecular weight is 339 g/mol. The Morgan fingerprint density at radius 1 is 1.27 bits per heavy atom. The van der Waals surface area contributed by atoms with Crippen molar-refractivity contribution in [2.24, 2.45) is 0 Å². The third-order valence-corrected chi connectivity index (χ3v) is 4.16. The standard InChI is InChI=1S/C14H12Cl2N4O2/c1-22-14-18-10-4-5-20(13(21)11(10)12(17)19-14)7-2-3-8(15)9(16)6-7/h2-3,6H,4-5H2,1H3,(H2,17,18,19). The molecule has 0 aliphatic carbocycles. The van der Waals surface area contributed by atoms with Crippen molar-refractivity contribution in [3.8, 4) is 6.01 Å². The highest BCUT2D eigenvalue weighted by Crippen LogP contribution is 2.31. The van der Waals surface area contributed by atoms with Crippen molar-refractivity contribution in [2.75, 3.05) is 24.3 Å². The fourth-order valence-electron chi connectivity index (χ4n) is 2.36. The highest BCUT2D eigenvalue weighted by molar-refractivity contribution is 6.42. The number of rotatable bonds is 2. The molecule has 1 aromatic carbocycles. The van der Waals surface area contributed by atoms with E-state index in [1.807, 2.05) is 0 Å². The molecular weight excluding hydrogens is 327 g/mol. The fourth-order valence-corrected chi connectivity index (χ4v) is 2.65. The molecule has 0 bridgehead atoms. The van der Waals surface area contributed by atoms with Crippen molar-refractivity contribution in [1.29, 1.82) is 0 Å². The Bertz CT molecular complexity index is 767. The summed E-state index contributed by atoms with van der Waals surface area (Å²) in [5.74, 6) is -0.156. The molecule has 0 spiro atoms. The first kappa shape index (κ1) is 14.9. The van der Waals surface area contributed by atoms with Crippen LogP contribution in [0.5, 0.6) is 6.01 Å². The summed E-state index contributed by atoms with van der Waals surface area (Å²) in [7, 11) is 1.45. The summed E-state index contributed by atoms with van der Waals surface area (Å²) < 4.78 is 4.98. The first-order valence-corrected chi connectivity index (χ1v) is 7.24. The number of benzene rings is 1. The van der Waals surface area contributed by atoms with E-state index in [2.05, 4.69) is 9.97 Å². The van der Waals surface area contributed by atoms with Crippen LogP contribution in [0.2, 0.25) is 10.0 Å². The minimum atomic E-state index is -0.264. The number of halogens is 2. The number of methoxy groups -OCH3 is 1. The average Bonchev–Trinajstić information content (AvgIpc) is 2.50. The van der Waals surface area contributed by atoms with E-state index in [9.17, 15) is 4.79 Å². The third kappa shape index (κ3) is 2.44. The van der Waals surface area contributed by atoms with E-state index in [1.54, 1.807) is 23.1 Å². The van der Waals surface area contributed by atoms with E-state index >= 15 is 0 Å². The lowest BCUT2D eigenvalue weighted by Crippen LogP contribution is -2.39. The second-order valence-electron chi connectivity index (χ2n) is 4.72. The highest BCUT2D eigenvalue weighted by atomic mass is 35.5. The molecule has 0 unspecified atom stereocenters. The minimum absolute atomic E-state index is 0.108. The topological polar surface area (TPSA) is 81.3 Å². The second kappa shape index (κ2) is 5.62. The van der Waals surface area contributed by atoms with Gasteiger partial charge in [0.25, 0.3) is 5.91 Å². The van der Waals surface area contributed by atoms with Gasteiger partial charge in [-0.25, -0.2) is 0 Å². The first-order valence-electron chi connectivity index (χ1n) is 6.48. The fraction of sp³-hybridized carbons (Fsp3) is 0.214. The van der Waals surface area contributed by atoms with Gasteiger partial charge in [0.1, 0.15) is 11.4 Å². The van der Waals surface area contributed by atoms with Crippen molar-refractivity contribution < 1.29 is 9.53 Å². The zero-order chi connectivity index (χ0) is 15.9. The molecule has 0 fully saturated rings. The normalized spacial score (nSPS) is 14.0. The molecule has 1 aliphatic heterocycles. The van der Waals surface area contributed by atoms with E-state index in [0.29, 0.717) is 40.0 Å². The summed E-state index contributed by atoms with van der Waals surface area (Å²) in [6.07, 6.45) is 0.546. The Kier molecular flexibility index (Phi) is 3.80. The molecule has 0 saturated carbocycles. The van der Waals surface area contributed by atoms with Gasteiger partial charge in [-0.15, -0.1) is 0 Å². The Balaban J connectivity index is 2.02. The van der Waals surface area contributed by atoms with Crippen molar-refractivity contribution in [3.63, 3.8) is 0 Å². The Hall–Kier alpha value is -2.05. The van der Waals surface area contributed by atoms with Gasteiger partial charge in [0, 0.05) is 18.7 Å². The number of carbonyl (C=O) groups excluding carboxylic acids is 1. The van der Waals surface area contributed by atoms with Gasteiger partial charge in [0.2, 0.25) is 0 Å². The molecule has 2 heterocycles. The monoisotopic (exact) mass is 338 g/mol. The number of nitrogens with zero attached hydrogens (tertiary/aromatic N) is 3. The molecule has 0 atom stereocenters. The SMILES string of the molecule is COc1nc(N)c2c(n1)CCN(c1ccc(Cl)c(Cl)c1)C2=O. The van der Waals surface area contributed by atoms with Gasteiger partial charge in [-0.1, -0.05) is 23.2 Å². The number of nitrogens with two attached hydrogens (primary N) is 1. The summed E-state index contributed by atoms with van der Waals surface area (Å²) in [5.41, 5.74) is 7.42. The van der Waals surface area contributed by atoms with Crippen LogP contribution in [0.15, 0.2) is 18.2 Å². The molecule has 22 heavy (non-hydrogen) atoms. The van der Waals surface area contributed by atoms with Crippen LogP contribution in [0, 0.1) is 0 Å². The number of carbonyl (C=O) groups is 1. The first-order chi connectivity index (χ1) is 10.5. The van der Waals surface area contributed by atoms with E-state index < -0.39 is 0 Å². The molecule has 0 radical (unpaired) electrons. The van der Waals surface area contributed by atoms with Gasteiger partial charge >= 0.3 is 6.01 Å². The molecule has 1 amide bonds. The summed E-state index contributed by atoms with van der Waals surface area (Å²) in [5, 5.41) is 0.819. The van der Waals surface area contributed by atoms with Gasteiger partial charge in [-0.3, -0.25) is 4.79 Å². The number of fused-ring (bicyclic) bond motifs is 1. The lowest BCUT2D eigenvalue weighted by molar-refractivity contribution is 0.0980. The van der Waals surface area contributed by atoms with Crippen LogP contribution in [-0.4, -0.2) is 29.5 Å². The van der Waals surface area contributed by atoms with Crippen molar-refractivity contribution >= 4 is 40.6 Å². The molecule has 1 aromatic heterocycles. The zero-order valence-electron chi connectivity index (χ0n) is 11.6. The molecule has 114 valence electrons. The third-order valence-electron chi connectivity index (χ3n) is 3.42. The second-order valence-corrected chi connectivity index (χ2v) is 5.54. The molecule has 3 rings (SSSR count). The van der Waals surface area contributed by atoms with Crippen LogP contribution in [0.1, 0.15) is 16.1 Å². The van der Waals surface area contributed by atoms with Gasteiger partial charge in [0.05, 0.1) is 22.8 Å². The lowest BCUT2D eigenvalue weighted by atomic mass is 10.0. The van der Waals surface area contributed by atoms with Crippen LogP contribution < -0.4 is 15.4 Å². The maximum absolute atomic E-state index is 12.7. The Labute approximate surface area is 136 Å². The van der Waals surface area contributed by atoms with Crippen LogP contribution in [0.25, 0.3) is 0 Å². The predicted molar refractivity (Wildman–Crippen MR) is 84.8 cm³/mol. The molecular formula is C14H12Cl2N4O2. The summed E-state index contributed by atoms with van der Waals surface area (Å²) in [6.45, 7) is 0.462. The lowest BCUT2D eigenvalue weighted by Gasteiger charge is -2.28. The summed E-state index contributed by atoms with van der Waals surface area (Å²) in [4.78, 5) is 22.4. The number of amides is 1. The van der Waals surface area contributed by atoms with E-state index in [-0.39, 0.29) is 17.7 Å². The largest absolute Gasteiger partial charge is 0.467 e. The van der Waals surface area contributed by atoms with Gasteiger partial charge in [-0.2, -0.15) is 9.97 Å². The number of ether oxygens (including phenoxy) is 1. The Morgan fingerprint density at radius 3 is 2.73 bits per heavy atom. The number of nitrogen functional groups attached to an aromatic ring is 1. The summed E-state index contributed by atoms with van der Waals surface area (Å²) in [6, 6.07) is 5.19. The quantitative estimate of drug-likeness (QED) is 0.909. The number of hydrogen-bond acceptors (Lipinski definition) is 5. The van der Waals surface area contributed by atoms with Crippen LogP contribution in [-0.2, 0) is 6.42 Å². The molecule has 6 nitrogen and oxygen atoms in total. The molecule has 2 N–H and O–H groups in total. The smallest absolute Gasteiger partial charge is 0.318 e.